The van der Waals surface area contributed by atoms with E-state index in [1.54, 1.807) is 0 Å². The topological polar surface area (TPSA) is 36.8 Å². The van der Waals surface area contributed by atoms with E-state index >= 15 is 0 Å². The minimum absolute atomic E-state index is 0. The van der Waals surface area contributed by atoms with Crippen LogP contribution in [0, 0.1) is 18.8 Å². The van der Waals surface area contributed by atoms with Crippen LogP contribution in [0.4, 0.5) is 17.1 Å². The molecule has 0 saturated heterocycles. The van der Waals surface area contributed by atoms with E-state index in [2.05, 4.69) is 238 Å². The fourth-order valence-corrected chi connectivity index (χ4v) is 10.9. The molecule has 0 fully saturated rings. The molecule has 0 atom stereocenters. The average Bonchev–Trinajstić information content (AvgIpc) is 3.91. The van der Waals surface area contributed by atoms with Crippen LogP contribution in [0.5, 0.6) is 11.5 Å². The van der Waals surface area contributed by atoms with Crippen LogP contribution in [0.25, 0.3) is 38.9 Å². The molecule has 0 bridgehead atoms. The van der Waals surface area contributed by atoms with Crippen molar-refractivity contribution in [2.75, 3.05) is 9.80 Å². The number of aromatic nitrogens is 2. The molecular formula is C62H55BN5OPt-3. The Morgan fingerprint density at radius 1 is 0.657 bits per heavy atom. The second-order valence-electron chi connectivity index (χ2n) is 21.2. The van der Waals surface area contributed by atoms with E-state index in [4.69, 9.17) is 9.72 Å². The summed E-state index contributed by atoms with van der Waals surface area (Å²) in [5, 5.41) is 2.23. The minimum Gasteiger partial charge on any atom is -0.509 e. The number of benzene rings is 6. The van der Waals surface area contributed by atoms with Gasteiger partial charge in [-0.3, -0.25) is 0 Å². The molecule has 8 aromatic rings. The van der Waals surface area contributed by atoms with Gasteiger partial charge in [0.05, 0.1) is 5.70 Å². The summed E-state index contributed by atoms with van der Waals surface area (Å²) >= 11 is 0. The smallest absolute Gasteiger partial charge is 0.313 e. The predicted molar refractivity (Wildman–Crippen MR) is 286 cm³/mol. The molecule has 6 nitrogen and oxygen atoms in total. The van der Waals surface area contributed by atoms with Crippen molar-refractivity contribution in [3.05, 3.63) is 228 Å². The first-order chi connectivity index (χ1) is 33.3. The monoisotopic (exact) mass is 1090 g/mol. The molecule has 350 valence electrons. The number of ether oxygens (including phenoxy) is 1. The van der Waals surface area contributed by atoms with Gasteiger partial charge in [0, 0.05) is 61.3 Å². The average molecular weight is 1090 g/mol. The standard InChI is InChI=1S/C62H55BN5O.Pt/c1-60(2,3)44-30-34-64-57(37-44)68-53-23-12-11-22-48(53)49-28-27-47(39-56(49)68)69-46-21-17-20-45(38-46)65-41-66(55-25-14-13-24-54(55)65)59-50(43-26-29-51-52(36-43)62(6,7)32-31-61(51,4)5)40-63-33-15-16-35-67(63)58(59)42-18-9-8-10-19-42;/h8-30,33-37,40-41H,31-32H2,1-7H3;/q-3;. The Hall–Kier alpha value is -6.82. The Morgan fingerprint density at radius 2 is 1.39 bits per heavy atom. The molecule has 3 aliphatic heterocycles. The summed E-state index contributed by atoms with van der Waals surface area (Å²) in [7, 11) is 0. The van der Waals surface area contributed by atoms with Crippen molar-refractivity contribution in [3.8, 4) is 17.3 Å². The molecule has 8 heteroatoms. The Kier molecular flexibility index (Phi) is 11.2. The van der Waals surface area contributed by atoms with Gasteiger partial charge in [0.25, 0.3) is 0 Å². The fraction of sp³-hybridized carbons (Fsp3) is 0.194. The van der Waals surface area contributed by atoms with Gasteiger partial charge < -0.3 is 23.9 Å². The Balaban J connectivity index is 0.00000533. The first-order valence-electron chi connectivity index (χ1n) is 24.3. The number of anilines is 3. The number of para-hydroxylation sites is 3. The van der Waals surface area contributed by atoms with Crippen LogP contribution in [-0.4, -0.2) is 21.2 Å². The number of rotatable bonds is 7. The van der Waals surface area contributed by atoms with E-state index in [0.717, 1.165) is 68.1 Å². The zero-order valence-electron chi connectivity index (χ0n) is 40.8. The minimum atomic E-state index is -0.0298. The Bertz CT molecular complexity index is 3480. The summed E-state index contributed by atoms with van der Waals surface area (Å²) in [4.78, 5) is 11.9. The zero-order chi connectivity index (χ0) is 47.2. The fourth-order valence-electron chi connectivity index (χ4n) is 10.9. The van der Waals surface area contributed by atoms with E-state index in [9.17, 15) is 0 Å². The predicted octanol–water partition coefficient (Wildman–Crippen LogP) is 15.2. The Labute approximate surface area is 427 Å². The maximum absolute atomic E-state index is 6.73. The summed E-state index contributed by atoms with van der Waals surface area (Å²) in [6.07, 6.45) is 10.8. The molecule has 70 heavy (non-hydrogen) atoms. The summed E-state index contributed by atoms with van der Waals surface area (Å²) in [5.74, 6) is 6.80. The van der Waals surface area contributed by atoms with Crippen molar-refractivity contribution in [2.24, 2.45) is 0 Å². The van der Waals surface area contributed by atoms with Gasteiger partial charge in [-0.1, -0.05) is 151 Å². The second-order valence-corrected chi connectivity index (χ2v) is 21.2. The molecule has 0 saturated carbocycles. The Morgan fingerprint density at radius 3 is 2.19 bits per heavy atom. The van der Waals surface area contributed by atoms with Crippen molar-refractivity contribution in [1.29, 1.82) is 0 Å². The van der Waals surface area contributed by atoms with Gasteiger partial charge in [0.1, 0.15) is 5.82 Å². The van der Waals surface area contributed by atoms with Crippen molar-refractivity contribution in [1.82, 2.24) is 14.4 Å². The van der Waals surface area contributed by atoms with Crippen LogP contribution >= 0.6 is 0 Å². The van der Waals surface area contributed by atoms with Gasteiger partial charge in [-0.25, -0.2) is 4.98 Å². The summed E-state index contributed by atoms with van der Waals surface area (Å²) in [5.41, 5.74) is 15.1. The van der Waals surface area contributed by atoms with Gasteiger partial charge in [-0.2, -0.15) is 12.1 Å². The SMILES string of the molecule is CC(C)(C)c1ccnc(-n2c3[c-]c(Oc4[c-]c(N5[CH-]N(C6=C(c7ccccc7)N7C=CC=CB7C=C6c6ccc7c(c6)C(C)(C)CCC7(C)C)c6ccccc65)ccc4)ccc3c3ccccc32)c1.[Pt]. The zero-order valence-corrected chi connectivity index (χ0v) is 43.0. The van der Waals surface area contributed by atoms with Crippen molar-refractivity contribution >= 4 is 57.0 Å². The largest absolute Gasteiger partial charge is 0.509 e. The van der Waals surface area contributed by atoms with Gasteiger partial charge in [-0.05, 0) is 110 Å². The number of fused-ring (bicyclic) bond motifs is 6. The third kappa shape index (κ3) is 7.74. The molecule has 6 aromatic carbocycles. The number of hydrogen-bond acceptors (Lipinski definition) is 5. The maximum Gasteiger partial charge on any atom is 0.313 e. The second kappa shape index (κ2) is 17.2. The number of pyridine rings is 1. The summed E-state index contributed by atoms with van der Waals surface area (Å²) in [6.45, 7) is 18.6. The first-order valence-corrected chi connectivity index (χ1v) is 24.3. The molecule has 2 aromatic heterocycles. The molecule has 0 N–H and O–H groups in total. The first kappa shape index (κ1) is 45.6. The van der Waals surface area contributed by atoms with E-state index < -0.39 is 0 Å². The van der Waals surface area contributed by atoms with Crippen LogP contribution in [0.2, 0.25) is 0 Å². The van der Waals surface area contributed by atoms with Gasteiger partial charge in [0.2, 0.25) is 0 Å². The molecule has 5 heterocycles. The molecule has 1 aliphatic carbocycles. The van der Waals surface area contributed by atoms with Crippen LogP contribution in [0.15, 0.2) is 182 Å². The summed E-state index contributed by atoms with van der Waals surface area (Å²) in [6, 6.07) is 57.2. The van der Waals surface area contributed by atoms with E-state index in [1.807, 2.05) is 24.4 Å². The molecule has 4 aliphatic rings. The van der Waals surface area contributed by atoms with Crippen LogP contribution < -0.4 is 14.5 Å². The van der Waals surface area contributed by atoms with E-state index in [-0.39, 0.29) is 44.2 Å². The van der Waals surface area contributed by atoms with Gasteiger partial charge in [0.15, 0.2) is 0 Å². The molecule has 12 rings (SSSR count). The third-order valence-electron chi connectivity index (χ3n) is 14.8. The molecular weight excluding hydrogens is 1040 g/mol. The molecule has 0 amide bonds. The van der Waals surface area contributed by atoms with E-state index in [1.165, 1.54) is 34.2 Å². The summed E-state index contributed by atoms with van der Waals surface area (Å²) < 4.78 is 8.93. The van der Waals surface area contributed by atoms with Crippen molar-refractivity contribution in [2.45, 2.75) is 77.6 Å². The third-order valence-corrected chi connectivity index (χ3v) is 14.8. The van der Waals surface area contributed by atoms with Gasteiger partial charge >= 0.3 is 6.85 Å². The molecule has 0 radical (unpaired) electrons. The number of allylic oxidation sites excluding steroid dienone is 3. The van der Waals surface area contributed by atoms with Crippen LogP contribution in [-0.2, 0) is 37.3 Å². The quantitative estimate of drug-likeness (QED) is 0.117. The van der Waals surface area contributed by atoms with E-state index in [0.29, 0.717) is 11.5 Å². The van der Waals surface area contributed by atoms with Crippen molar-refractivity contribution in [3.63, 3.8) is 0 Å². The van der Waals surface area contributed by atoms with Gasteiger partial charge in [-0.15, -0.1) is 48.1 Å². The molecule has 0 spiro atoms. The number of nitrogens with zero attached hydrogens (tertiary/aromatic N) is 5. The molecule has 0 unspecified atom stereocenters. The van der Waals surface area contributed by atoms with Crippen molar-refractivity contribution < 1.29 is 25.8 Å². The number of hydrogen-bond donors (Lipinski definition) is 0. The van der Waals surface area contributed by atoms with Crippen LogP contribution in [0.1, 0.15) is 89.1 Å². The maximum atomic E-state index is 6.73. The normalized spacial score (nSPS) is 16.8. The van der Waals surface area contributed by atoms with Crippen LogP contribution in [0.3, 0.4) is 0 Å².